The zero-order chi connectivity index (χ0) is 19.8. The molecule has 2 aromatic carbocycles. The largest absolute Gasteiger partial charge is 0.505 e. The number of thiazole rings is 1. The molecule has 2 N–H and O–H groups in total. The third-order valence-corrected chi connectivity index (χ3v) is 5.47. The van der Waals surface area contributed by atoms with E-state index in [0.29, 0.717) is 21.4 Å². The number of hydrogen-bond donors (Lipinski definition) is 2. The third kappa shape index (κ3) is 3.64. The number of nitrogens with one attached hydrogen (secondary N) is 1. The first kappa shape index (κ1) is 18.6. The highest BCUT2D eigenvalue weighted by Crippen LogP contribution is 2.29. The zero-order valence-corrected chi connectivity index (χ0v) is 17.0. The molecule has 140 valence electrons. The Morgan fingerprint density at radius 1 is 1.18 bits per heavy atom. The van der Waals surface area contributed by atoms with Gasteiger partial charge in [0.1, 0.15) is 0 Å². The monoisotopic (exact) mass is 476 g/mol. The number of aromatic nitrogens is 3. The van der Waals surface area contributed by atoms with Crippen molar-refractivity contribution in [2.75, 3.05) is 5.32 Å². The van der Waals surface area contributed by atoms with E-state index in [1.165, 1.54) is 11.3 Å². The van der Waals surface area contributed by atoms with Crippen molar-refractivity contribution in [2.45, 2.75) is 0 Å². The number of halogens is 2. The van der Waals surface area contributed by atoms with Gasteiger partial charge in [-0.2, -0.15) is 9.78 Å². The van der Waals surface area contributed by atoms with Crippen molar-refractivity contribution in [3.05, 3.63) is 74.1 Å². The number of amides is 1. The molecule has 0 spiro atoms. The molecule has 0 saturated heterocycles. The molecule has 1 amide bonds. The molecule has 0 aliphatic carbocycles. The predicted molar refractivity (Wildman–Crippen MR) is 112 cm³/mol. The number of rotatable bonds is 3. The van der Waals surface area contributed by atoms with Gasteiger partial charge in [0, 0.05) is 15.6 Å². The van der Waals surface area contributed by atoms with E-state index in [2.05, 4.69) is 31.3 Å². The number of nitrogens with zero attached hydrogens (tertiary/aromatic N) is 3. The quantitative estimate of drug-likeness (QED) is 0.460. The highest BCUT2D eigenvalue weighted by atomic mass is 79.9. The minimum atomic E-state index is -0.687. The van der Waals surface area contributed by atoms with Gasteiger partial charge in [-0.25, -0.2) is 4.98 Å². The Morgan fingerprint density at radius 3 is 2.68 bits per heavy atom. The molecule has 0 bridgehead atoms. The Hall–Kier alpha value is -2.75. The smallest absolute Gasteiger partial charge is 0.281 e. The lowest BCUT2D eigenvalue weighted by molar-refractivity contribution is 0.101. The van der Waals surface area contributed by atoms with Crippen LogP contribution in [-0.4, -0.2) is 25.8 Å². The van der Waals surface area contributed by atoms with Gasteiger partial charge in [-0.3, -0.25) is 14.9 Å². The lowest BCUT2D eigenvalue weighted by Crippen LogP contribution is -2.25. The number of anilines is 1. The maximum Gasteiger partial charge on any atom is 0.281 e. The van der Waals surface area contributed by atoms with Crippen LogP contribution in [0.3, 0.4) is 0 Å². The molecule has 0 radical (unpaired) electrons. The Bertz CT molecular complexity index is 1270. The van der Waals surface area contributed by atoms with E-state index >= 15 is 0 Å². The Kier molecular flexibility index (Phi) is 4.88. The zero-order valence-electron chi connectivity index (χ0n) is 13.9. The molecule has 0 aliphatic rings. The van der Waals surface area contributed by atoms with Gasteiger partial charge in [0.15, 0.2) is 16.6 Å². The van der Waals surface area contributed by atoms with Crippen molar-refractivity contribution in [2.24, 2.45) is 0 Å². The van der Waals surface area contributed by atoms with Crippen molar-refractivity contribution >= 4 is 60.1 Å². The van der Waals surface area contributed by atoms with Crippen molar-refractivity contribution in [1.29, 1.82) is 0 Å². The second-order valence-electron chi connectivity index (χ2n) is 5.69. The van der Waals surface area contributed by atoms with Crippen LogP contribution in [0.25, 0.3) is 15.9 Å². The van der Waals surface area contributed by atoms with Crippen LogP contribution in [0, 0.1) is 0 Å². The molecular weight excluding hydrogens is 468 g/mol. The second-order valence-corrected chi connectivity index (χ2v) is 8.07. The molecule has 0 fully saturated rings. The number of benzene rings is 2. The Labute approximate surface area is 175 Å². The average molecular weight is 478 g/mol. The van der Waals surface area contributed by atoms with Gasteiger partial charge in [0.2, 0.25) is 0 Å². The van der Waals surface area contributed by atoms with Gasteiger partial charge < -0.3 is 5.11 Å². The molecule has 7 nitrogen and oxygen atoms in total. The lowest BCUT2D eigenvalue weighted by Gasteiger charge is -2.08. The van der Waals surface area contributed by atoms with E-state index in [9.17, 15) is 14.7 Å². The fourth-order valence-corrected chi connectivity index (χ4v) is 3.89. The van der Waals surface area contributed by atoms with Crippen molar-refractivity contribution in [1.82, 2.24) is 14.8 Å². The molecule has 10 heteroatoms. The second kappa shape index (κ2) is 7.34. The van der Waals surface area contributed by atoms with Gasteiger partial charge in [-0.15, -0.1) is 0 Å². The lowest BCUT2D eigenvalue weighted by atomic mass is 10.3. The average Bonchev–Trinajstić information content (AvgIpc) is 3.04. The Balaban J connectivity index is 1.69. The molecular formula is C18H10BrClN4O3S. The summed E-state index contributed by atoms with van der Waals surface area (Å²) in [5.41, 5.74) is 0.282. The summed E-state index contributed by atoms with van der Waals surface area (Å²) in [7, 11) is 0. The van der Waals surface area contributed by atoms with Crippen LogP contribution in [-0.2, 0) is 0 Å². The first-order valence-corrected chi connectivity index (χ1v) is 9.86. The highest BCUT2D eigenvalue weighted by Gasteiger charge is 2.18. The molecule has 4 rings (SSSR count). The third-order valence-electron chi connectivity index (χ3n) is 3.77. The standard InChI is InChI=1S/C18H10BrClN4O3S/c19-9-1-4-11(5-2-9)24-15(26)8-13(25)16(23-24)17(27)22-18-21-12-6-3-10(20)7-14(12)28-18/h1-8,25H,(H,21,22,27). The minimum Gasteiger partial charge on any atom is -0.505 e. The highest BCUT2D eigenvalue weighted by molar-refractivity contribution is 9.10. The summed E-state index contributed by atoms with van der Waals surface area (Å²) in [5, 5.41) is 17.6. The summed E-state index contributed by atoms with van der Waals surface area (Å²) in [6, 6.07) is 12.9. The number of fused-ring (bicyclic) bond motifs is 1. The topological polar surface area (TPSA) is 97.1 Å². The number of hydrogen-bond acceptors (Lipinski definition) is 6. The van der Waals surface area contributed by atoms with E-state index in [0.717, 1.165) is 19.9 Å². The normalized spacial score (nSPS) is 10.9. The molecule has 0 unspecified atom stereocenters. The van der Waals surface area contributed by atoms with E-state index in [4.69, 9.17) is 11.6 Å². The van der Waals surface area contributed by atoms with Crippen molar-refractivity contribution < 1.29 is 9.90 Å². The van der Waals surface area contributed by atoms with E-state index < -0.39 is 17.2 Å². The maximum absolute atomic E-state index is 12.6. The van der Waals surface area contributed by atoms with Gasteiger partial charge >= 0.3 is 0 Å². The van der Waals surface area contributed by atoms with Gasteiger partial charge in [0.05, 0.1) is 15.9 Å². The summed E-state index contributed by atoms with van der Waals surface area (Å²) < 4.78 is 2.68. The molecule has 2 aromatic heterocycles. The van der Waals surface area contributed by atoms with Crippen LogP contribution in [0.2, 0.25) is 5.02 Å². The number of aromatic hydroxyl groups is 1. The molecule has 28 heavy (non-hydrogen) atoms. The number of carbonyl (C=O) groups is 1. The SMILES string of the molecule is O=C(Nc1nc2ccc(Cl)cc2s1)c1nn(-c2ccc(Br)cc2)c(=O)cc1O. The number of carbonyl (C=O) groups excluding carboxylic acids is 1. The molecule has 4 aromatic rings. The fourth-order valence-electron chi connectivity index (χ4n) is 2.48. The first-order chi connectivity index (χ1) is 13.4. The Morgan fingerprint density at radius 2 is 1.93 bits per heavy atom. The molecule has 2 heterocycles. The van der Waals surface area contributed by atoms with Gasteiger partial charge in [0.25, 0.3) is 11.5 Å². The van der Waals surface area contributed by atoms with Crippen LogP contribution in [0.4, 0.5) is 5.13 Å². The van der Waals surface area contributed by atoms with Crippen LogP contribution in [0.5, 0.6) is 5.75 Å². The minimum absolute atomic E-state index is 0.292. The van der Waals surface area contributed by atoms with Crippen molar-refractivity contribution in [3.63, 3.8) is 0 Å². The summed E-state index contributed by atoms with van der Waals surface area (Å²) >= 11 is 10.5. The van der Waals surface area contributed by atoms with E-state index in [-0.39, 0.29) is 5.69 Å². The van der Waals surface area contributed by atoms with E-state index in [1.807, 2.05) is 0 Å². The molecule has 0 aliphatic heterocycles. The summed E-state index contributed by atoms with van der Waals surface area (Å²) in [6.45, 7) is 0. The molecule has 0 atom stereocenters. The maximum atomic E-state index is 12.6. The molecule has 0 saturated carbocycles. The first-order valence-electron chi connectivity index (χ1n) is 7.87. The van der Waals surface area contributed by atoms with Gasteiger partial charge in [-0.1, -0.05) is 38.9 Å². The summed E-state index contributed by atoms with van der Waals surface area (Å²) in [6.07, 6.45) is 0. The van der Waals surface area contributed by atoms with Crippen LogP contribution >= 0.6 is 38.9 Å². The van der Waals surface area contributed by atoms with Gasteiger partial charge in [-0.05, 0) is 42.5 Å². The van der Waals surface area contributed by atoms with Crippen molar-refractivity contribution in [3.8, 4) is 11.4 Å². The van der Waals surface area contributed by atoms with Crippen LogP contribution in [0.1, 0.15) is 10.5 Å². The van der Waals surface area contributed by atoms with Crippen LogP contribution < -0.4 is 10.9 Å². The summed E-state index contributed by atoms with van der Waals surface area (Å²) in [4.78, 5) is 29.1. The van der Waals surface area contributed by atoms with E-state index in [1.54, 1.807) is 42.5 Å². The predicted octanol–water partition coefficient (Wildman–Crippen LogP) is 4.22. The fraction of sp³-hybridized carbons (Fsp3) is 0. The summed E-state index contributed by atoms with van der Waals surface area (Å²) in [5.74, 6) is -1.20. The van der Waals surface area contributed by atoms with Crippen LogP contribution in [0.15, 0.2) is 57.8 Å².